The quantitative estimate of drug-likeness (QED) is 0.844. The number of hydrogen-bond donors (Lipinski definition) is 1. The fourth-order valence-electron chi connectivity index (χ4n) is 1.64. The van der Waals surface area contributed by atoms with Gasteiger partial charge in [0.15, 0.2) is 5.78 Å². The summed E-state index contributed by atoms with van der Waals surface area (Å²) in [5.74, 6) is 0.00471. The lowest BCUT2D eigenvalue weighted by atomic mass is 10.1. The first-order chi connectivity index (χ1) is 8.11. The van der Waals surface area contributed by atoms with E-state index in [1.54, 1.807) is 0 Å². The van der Waals surface area contributed by atoms with Crippen LogP contribution >= 0.6 is 11.3 Å². The molecule has 0 spiro atoms. The van der Waals surface area contributed by atoms with Gasteiger partial charge < -0.3 is 5.73 Å². The minimum absolute atomic E-state index is 0.00471. The van der Waals surface area contributed by atoms with Gasteiger partial charge in [-0.1, -0.05) is 18.2 Å². The third-order valence-corrected chi connectivity index (χ3v) is 4.03. The molecule has 0 unspecified atom stereocenters. The first-order valence-electron chi connectivity index (χ1n) is 5.52. The molecule has 17 heavy (non-hydrogen) atoms. The van der Waals surface area contributed by atoms with E-state index in [-0.39, 0.29) is 12.3 Å². The van der Waals surface area contributed by atoms with Crippen LogP contribution in [-0.4, -0.2) is 12.3 Å². The van der Waals surface area contributed by atoms with Crippen LogP contribution < -0.4 is 5.73 Å². The summed E-state index contributed by atoms with van der Waals surface area (Å²) in [6, 6.07) is 10.2. The molecule has 0 aliphatic rings. The summed E-state index contributed by atoms with van der Waals surface area (Å²) in [6.07, 6.45) is 0. The van der Waals surface area contributed by atoms with E-state index in [4.69, 9.17) is 5.73 Å². The van der Waals surface area contributed by atoms with Crippen molar-refractivity contribution in [2.24, 2.45) is 5.73 Å². The van der Waals surface area contributed by atoms with E-state index in [1.807, 2.05) is 12.1 Å². The van der Waals surface area contributed by atoms with Crippen LogP contribution in [0.5, 0.6) is 0 Å². The Bertz CT molecular complexity index is 557. The first kappa shape index (κ1) is 12.0. The second-order valence-corrected chi connectivity index (χ2v) is 5.17. The Balaban J connectivity index is 2.37. The van der Waals surface area contributed by atoms with Crippen molar-refractivity contribution < 1.29 is 4.79 Å². The van der Waals surface area contributed by atoms with Crippen molar-refractivity contribution in [3.8, 4) is 10.4 Å². The number of aryl methyl sites for hydroxylation is 2. The fourth-order valence-corrected chi connectivity index (χ4v) is 2.59. The van der Waals surface area contributed by atoms with Gasteiger partial charge >= 0.3 is 0 Å². The van der Waals surface area contributed by atoms with Gasteiger partial charge in [-0.2, -0.15) is 0 Å². The summed E-state index contributed by atoms with van der Waals surface area (Å²) in [7, 11) is 0. The highest BCUT2D eigenvalue weighted by Gasteiger charge is 2.08. The molecule has 0 atom stereocenters. The third-order valence-electron chi connectivity index (χ3n) is 2.86. The van der Waals surface area contributed by atoms with Crippen LogP contribution in [0.4, 0.5) is 0 Å². The number of benzene rings is 1. The molecule has 0 aliphatic carbocycles. The Morgan fingerprint density at radius 1 is 1.18 bits per heavy atom. The van der Waals surface area contributed by atoms with E-state index in [2.05, 4.69) is 32.0 Å². The second-order valence-electron chi connectivity index (χ2n) is 4.09. The number of nitrogens with two attached hydrogens (primary N) is 1. The van der Waals surface area contributed by atoms with Crippen molar-refractivity contribution >= 4 is 17.1 Å². The number of Topliss-reactive ketones (excluding diaryl/α,β-unsaturated/α-hetero) is 1. The van der Waals surface area contributed by atoms with Gasteiger partial charge in [0.2, 0.25) is 0 Å². The van der Waals surface area contributed by atoms with Gasteiger partial charge in [-0.15, -0.1) is 11.3 Å². The van der Waals surface area contributed by atoms with Crippen molar-refractivity contribution in [3.63, 3.8) is 0 Å². The van der Waals surface area contributed by atoms with Crippen LogP contribution in [0.2, 0.25) is 0 Å². The number of ketones is 1. The largest absolute Gasteiger partial charge is 0.324 e. The Morgan fingerprint density at radius 2 is 1.94 bits per heavy atom. The molecule has 0 saturated carbocycles. The zero-order valence-electron chi connectivity index (χ0n) is 9.99. The average molecular weight is 245 g/mol. The number of thiophene rings is 1. The molecule has 0 fully saturated rings. The average Bonchev–Trinajstić information content (AvgIpc) is 2.81. The highest BCUT2D eigenvalue weighted by molar-refractivity contribution is 7.17. The first-order valence-corrected chi connectivity index (χ1v) is 6.34. The maximum absolute atomic E-state index is 11.5. The van der Waals surface area contributed by atoms with Crippen molar-refractivity contribution in [1.82, 2.24) is 0 Å². The van der Waals surface area contributed by atoms with Crippen molar-refractivity contribution in [1.29, 1.82) is 0 Å². The van der Waals surface area contributed by atoms with E-state index in [1.165, 1.54) is 22.5 Å². The van der Waals surface area contributed by atoms with E-state index in [0.717, 1.165) is 15.3 Å². The third kappa shape index (κ3) is 2.46. The van der Waals surface area contributed by atoms with Crippen molar-refractivity contribution in [2.45, 2.75) is 13.8 Å². The minimum Gasteiger partial charge on any atom is -0.324 e. The van der Waals surface area contributed by atoms with Gasteiger partial charge in [-0.05, 0) is 42.7 Å². The smallest absolute Gasteiger partial charge is 0.186 e. The molecule has 0 radical (unpaired) electrons. The SMILES string of the molecule is Cc1ccc(-c2ccc(C(=O)CN)s2)cc1C. The molecular weight excluding hydrogens is 230 g/mol. The van der Waals surface area contributed by atoms with Crippen LogP contribution in [0.15, 0.2) is 30.3 Å². The van der Waals surface area contributed by atoms with Gasteiger partial charge in [0.1, 0.15) is 0 Å². The molecule has 1 aromatic heterocycles. The van der Waals surface area contributed by atoms with E-state index < -0.39 is 0 Å². The topological polar surface area (TPSA) is 43.1 Å². The molecule has 0 bridgehead atoms. The minimum atomic E-state index is 0.00471. The summed E-state index contributed by atoms with van der Waals surface area (Å²) in [4.78, 5) is 13.3. The van der Waals surface area contributed by atoms with Crippen LogP contribution in [0.3, 0.4) is 0 Å². The van der Waals surface area contributed by atoms with Gasteiger partial charge in [-0.3, -0.25) is 4.79 Å². The number of carbonyl (C=O) groups is 1. The molecule has 1 heterocycles. The van der Waals surface area contributed by atoms with Gasteiger partial charge in [0, 0.05) is 4.88 Å². The zero-order valence-corrected chi connectivity index (χ0v) is 10.8. The van der Waals surface area contributed by atoms with Crippen molar-refractivity contribution in [3.05, 3.63) is 46.3 Å². The number of carbonyl (C=O) groups excluding carboxylic acids is 1. The van der Waals surface area contributed by atoms with E-state index in [0.29, 0.717) is 0 Å². The predicted octanol–water partition coefficient (Wildman–Crippen LogP) is 3.17. The number of rotatable bonds is 3. The predicted molar refractivity (Wildman–Crippen MR) is 72.6 cm³/mol. The molecule has 3 heteroatoms. The molecule has 2 N–H and O–H groups in total. The summed E-state index contributed by atoms with van der Waals surface area (Å²) >= 11 is 1.50. The molecule has 2 rings (SSSR count). The van der Waals surface area contributed by atoms with Gasteiger partial charge in [0.25, 0.3) is 0 Å². The Kier molecular flexibility index (Phi) is 3.41. The monoisotopic (exact) mass is 245 g/mol. The second kappa shape index (κ2) is 4.82. The molecule has 2 aromatic rings. The number of hydrogen-bond acceptors (Lipinski definition) is 3. The van der Waals surface area contributed by atoms with E-state index >= 15 is 0 Å². The molecule has 2 nitrogen and oxygen atoms in total. The lowest BCUT2D eigenvalue weighted by Crippen LogP contribution is -2.11. The lowest BCUT2D eigenvalue weighted by molar-refractivity contribution is 0.100. The maximum atomic E-state index is 11.5. The standard InChI is InChI=1S/C14H15NOS/c1-9-3-4-11(7-10(9)2)13-5-6-14(17-13)12(16)8-15/h3-7H,8,15H2,1-2H3. The lowest BCUT2D eigenvalue weighted by Gasteiger charge is -2.02. The Labute approximate surface area is 105 Å². The molecule has 88 valence electrons. The summed E-state index contributed by atoms with van der Waals surface area (Å²) in [6.45, 7) is 4.27. The van der Waals surface area contributed by atoms with Crippen LogP contribution in [0.25, 0.3) is 10.4 Å². The molecular formula is C14H15NOS. The fraction of sp³-hybridized carbons (Fsp3) is 0.214. The molecule has 0 amide bonds. The van der Waals surface area contributed by atoms with Crippen LogP contribution in [0, 0.1) is 13.8 Å². The maximum Gasteiger partial charge on any atom is 0.186 e. The van der Waals surface area contributed by atoms with Crippen LogP contribution in [0.1, 0.15) is 20.8 Å². The summed E-state index contributed by atoms with van der Waals surface area (Å²) < 4.78 is 0. The Morgan fingerprint density at radius 3 is 2.59 bits per heavy atom. The molecule has 0 aliphatic heterocycles. The van der Waals surface area contributed by atoms with Gasteiger partial charge in [0.05, 0.1) is 11.4 Å². The molecule has 0 saturated heterocycles. The summed E-state index contributed by atoms with van der Waals surface area (Å²) in [5.41, 5.74) is 9.06. The normalized spacial score (nSPS) is 10.5. The van der Waals surface area contributed by atoms with E-state index in [9.17, 15) is 4.79 Å². The highest BCUT2D eigenvalue weighted by atomic mass is 32.1. The van der Waals surface area contributed by atoms with Crippen molar-refractivity contribution in [2.75, 3.05) is 6.54 Å². The summed E-state index contributed by atoms with van der Waals surface area (Å²) in [5, 5.41) is 0. The van der Waals surface area contributed by atoms with Gasteiger partial charge in [-0.25, -0.2) is 0 Å². The Hall–Kier alpha value is -1.45. The van der Waals surface area contributed by atoms with Crippen LogP contribution in [-0.2, 0) is 0 Å². The highest BCUT2D eigenvalue weighted by Crippen LogP contribution is 2.29. The zero-order chi connectivity index (χ0) is 12.4. The molecule has 1 aromatic carbocycles.